The first kappa shape index (κ1) is 12.5. The molecule has 1 saturated heterocycles. The summed E-state index contributed by atoms with van der Waals surface area (Å²) in [5.41, 5.74) is 1.15. The van der Waals surface area contributed by atoms with Gasteiger partial charge in [0.05, 0.1) is 6.61 Å². The van der Waals surface area contributed by atoms with Crippen molar-refractivity contribution >= 4 is 0 Å². The summed E-state index contributed by atoms with van der Waals surface area (Å²) in [7, 11) is 0. The van der Waals surface area contributed by atoms with Crippen LogP contribution in [0.4, 0.5) is 0 Å². The summed E-state index contributed by atoms with van der Waals surface area (Å²) in [5.74, 6) is 0. The van der Waals surface area contributed by atoms with Gasteiger partial charge in [-0.15, -0.1) is 0 Å². The zero-order chi connectivity index (χ0) is 11.8. The zero-order valence-corrected chi connectivity index (χ0v) is 10.3. The molecular formula is C13H21N3O. The van der Waals surface area contributed by atoms with E-state index >= 15 is 0 Å². The lowest BCUT2D eigenvalue weighted by Crippen LogP contribution is -2.43. The van der Waals surface area contributed by atoms with E-state index < -0.39 is 0 Å². The van der Waals surface area contributed by atoms with Crippen molar-refractivity contribution < 1.29 is 4.74 Å². The number of ether oxygens (including phenoxy) is 1. The molecule has 0 atom stereocenters. The lowest BCUT2D eigenvalue weighted by molar-refractivity contribution is 0.106. The van der Waals surface area contributed by atoms with Crippen LogP contribution >= 0.6 is 0 Å². The van der Waals surface area contributed by atoms with Gasteiger partial charge in [-0.25, -0.2) is 0 Å². The van der Waals surface area contributed by atoms with E-state index in [4.69, 9.17) is 4.74 Å². The van der Waals surface area contributed by atoms with Crippen LogP contribution in [-0.4, -0.2) is 49.2 Å². The van der Waals surface area contributed by atoms with Crippen LogP contribution in [0.3, 0.4) is 0 Å². The van der Waals surface area contributed by atoms with E-state index in [0.717, 1.165) is 38.2 Å². The zero-order valence-electron chi connectivity index (χ0n) is 10.3. The Labute approximate surface area is 103 Å². The van der Waals surface area contributed by atoms with Gasteiger partial charge < -0.3 is 15.0 Å². The van der Waals surface area contributed by atoms with E-state index in [9.17, 15) is 0 Å². The number of hydrogen-bond donors (Lipinski definition) is 1. The van der Waals surface area contributed by atoms with Crippen LogP contribution in [0.5, 0.6) is 0 Å². The van der Waals surface area contributed by atoms with Gasteiger partial charge in [0.2, 0.25) is 0 Å². The molecule has 4 heteroatoms. The van der Waals surface area contributed by atoms with Crippen molar-refractivity contribution in [3.05, 3.63) is 30.1 Å². The molecule has 1 aliphatic heterocycles. The van der Waals surface area contributed by atoms with Gasteiger partial charge in [-0.2, -0.15) is 0 Å². The van der Waals surface area contributed by atoms with Crippen molar-refractivity contribution in [2.24, 2.45) is 0 Å². The minimum atomic E-state index is 0.676. The van der Waals surface area contributed by atoms with Crippen LogP contribution in [0.1, 0.15) is 12.0 Å². The Balaban J connectivity index is 1.51. The molecule has 2 rings (SSSR count). The monoisotopic (exact) mass is 235 g/mol. The molecule has 17 heavy (non-hydrogen) atoms. The molecule has 1 aromatic heterocycles. The SMILES string of the molecule is c1cncc(COCCCN2CCNCC2)c1. The lowest BCUT2D eigenvalue weighted by Gasteiger charge is -2.26. The molecule has 0 aromatic carbocycles. The van der Waals surface area contributed by atoms with Crippen LogP contribution in [0, 0.1) is 0 Å². The predicted octanol–water partition coefficient (Wildman–Crippen LogP) is 0.893. The fourth-order valence-electron chi connectivity index (χ4n) is 2.00. The number of nitrogens with zero attached hydrogens (tertiary/aromatic N) is 2. The predicted molar refractivity (Wildman–Crippen MR) is 67.8 cm³/mol. The van der Waals surface area contributed by atoms with Crippen LogP contribution < -0.4 is 5.32 Å². The quantitative estimate of drug-likeness (QED) is 0.743. The lowest BCUT2D eigenvalue weighted by atomic mass is 10.3. The topological polar surface area (TPSA) is 37.4 Å². The average Bonchev–Trinajstić information content (AvgIpc) is 2.41. The molecule has 1 fully saturated rings. The Hall–Kier alpha value is -0.970. The highest BCUT2D eigenvalue weighted by molar-refractivity contribution is 5.06. The second-order valence-corrected chi connectivity index (χ2v) is 4.36. The molecule has 0 spiro atoms. The number of nitrogens with one attached hydrogen (secondary N) is 1. The number of hydrogen-bond acceptors (Lipinski definition) is 4. The molecule has 1 aliphatic rings. The van der Waals surface area contributed by atoms with Crippen LogP contribution in [0.25, 0.3) is 0 Å². The van der Waals surface area contributed by atoms with Gasteiger partial charge in [0.15, 0.2) is 0 Å². The van der Waals surface area contributed by atoms with Crippen molar-refractivity contribution in [1.29, 1.82) is 0 Å². The number of pyridine rings is 1. The Morgan fingerprint density at radius 2 is 2.24 bits per heavy atom. The fraction of sp³-hybridized carbons (Fsp3) is 0.615. The first-order valence-corrected chi connectivity index (χ1v) is 6.35. The maximum atomic E-state index is 5.63. The Bertz CT molecular complexity index is 299. The Kier molecular flexibility index (Phi) is 5.42. The summed E-state index contributed by atoms with van der Waals surface area (Å²) in [6.45, 7) is 7.24. The summed E-state index contributed by atoms with van der Waals surface area (Å²) in [6, 6.07) is 3.99. The molecular weight excluding hydrogens is 214 g/mol. The largest absolute Gasteiger partial charge is 0.377 e. The van der Waals surface area contributed by atoms with E-state index in [1.54, 1.807) is 6.20 Å². The van der Waals surface area contributed by atoms with Crippen LogP contribution in [0.2, 0.25) is 0 Å². The third kappa shape index (κ3) is 4.81. The smallest absolute Gasteiger partial charge is 0.0731 e. The number of aromatic nitrogens is 1. The highest BCUT2D eigenvalue weighted by Crippen LogP contribution is 2.00. The number of piperazine rings is 1. The van der Waals surface area contributed by atoms with Crippen LogP contribution in [0.15, 0.2) is 24.5 Å². The van der Waals surface area contributed by atoms with Crippen LogP contribution in [-0.2, 0) is 11.3 Å². The molecule has 1 N–H and O–H groups in total. The van der Waals surface area contributed by atoms with E-state index in [1.807, 2.05) is 18.3 Å². The van der Waals surface area contributed by atoms with Gasteiger partial charge in [-0.3, -0.25) is 4.98 Å². The van der Waals surface area contributed by atoms with Gasteiger partial charge in [0, 0.05) is 51.7 Å². The van der Waals surface area contributed by atoms with Crippen molar-refractivity contribution in [3.63, 3.8) is 0 Å². The first-order valence-electron chi connectivity index (χ1n) is 6.35. The van der Waals surface area contributed by atoms with Gasteiger partial charge in [0.25, 0.3) is 0 Å². The standard InChI is InChI=1S/C13H21N3O/c1-3-13(11-15-4-1)12-17-10-2-7-16-8-5-14-6-9-16/h1,3-4,11,14H,2,5-10,12H2. The molecule has 0 unspecified atom stereocenters. The molecule has 0 amide bonds. The van der Waals surface area contributed by atoms with Crippen molar-refractivity contribution in [3.8, 4) is 0 Å². The highest BCUT2D eigenvalue weighted by atomic mass is 16.5. The third-order valence-corrected chi connectivity index (χ3v) is 2.96. The molecule has 1 aromatic rings. The molecule has 0 radical (unpaired) electrons. The summed E-state index contributed by atoms with van der Waals surface area (Å²) < 4.78 is 5.63. The molecule has 0 saturated carbocycles. The average molecular weight is 235 g/mol. The minimum absolute atomic E-state index is 0.676. The van der Waals surface area contributed by atoms with E-state index in [-0.39, 0.29) is 0 Å². The summed E-state index contributed by atoms with van der Waals surface area (Å²) >= 11 is 0. The second kappa shape index (κ2) is 7.37. The molecule has 2 heterocycles. The molecule has 0 bridgehead atoms. The first-order chi connectivity index (χ1) is 8.45. The van der Waals surface area contributed by atoms with Gasteiger partial charge >= 0.3 is 0 Å². The Morgan fingerprint density at radius 1 is 1.35 bits per heavy atom. The summed E-state index contributed by atoms with van der Waals surface area (Å²) in [6.07, 6.45) is 4.75. The Morgan fingerprint density at radius 3 is 3.00 bits per heavy atom. The van der Waals surface area contributed by atoms with Crippen molar-refractivity contribution in [2.75, 3.05) is 39.3 Å². The fourth-order valence-corrected chi connectivity index (χ4v) is 2.00. The second-order valence-electron chi connectivity index (χ2n) is 4.36. The highest BCUT2D eigenvalue weighted by Gasteiger charge is 2.07. The van der Waals surface area contributed by atoms with Gasteiger partial charge in [0.1, 0.15) is 0 Å². The third-order valence-electron chi connectivity index (χ3n) is 2.96. The summed E-state index contributed by atoms with van der Waals surface area (Å²) in [4.78, 5) is 6.55. The van der Waals surface area contributed by atoms with Crippen molar-refractivity contribution in [1.82, 2.24) is 15.2 Å². The van der Waals surface area contributed by atoms with E-state index in [0.29, 0.717) is 6.61 Å². The molecule has 4 nitrogen and oxygen atoms in total. The van der Waals surface area contributed by atoms with E-state index in [1.165, 1.54) is 13.1 Å². The molecule has 94 valence electrons. The van der Waals surface area contributed by atoms with Gasteiger partial charge in [-0.1, -0.05) is 6.07 Å². The summed E-state index contributed by atoms with van der Waals surface area (Å²) in [5, 5.41) is 3.36. The minimum Gasteiger partial charge on any atom is -0.377 e. The normalized spacial score (nSPS) is 17.2. The van der Waals surface area contributed by atoms with Gasteiger partial charge in [-0.05, 0) is 18.1 Å². The van der Waals surface area contributed by atoms with Crippen molar-refractivity contribution in [2.45, 2.75) is 13.0 Å². The molecule has 0 aliphatic carbocycles. The maximum absolute atomic E-state index is 5.63. The maximum Gasteiger partial charge on any atom is 0.0731 e. The van der Waals surface area contributed by atoms with E-state index in [2.05, 4.69) is 15.2 Å². The number of rotatable bonds is 6.